The fourth-order valence-electron chi connectivity index (χ4n) is 6.44. The molecule has 3 heteroatoms. The molecular weight excluding hydrogens is 585 g/mol. The number of hydrogen-bond acceptors (Lipinski definition) is 3. The van der Waals surface area contributed by atoms with Crippen LogP contribution in [0, 0.1) is 0 Å². The van der Waals surface area contributed by atoms with Gasteiger partial charge in [0.15, 0.2) is 5.58 Å². The van der Waals surface area contributed by atoms with Gasteiger partial charge < -0.3 is 9.32 Å². The molecule has 0 N–H and O–H groups in total. The minimum Gasteiger partial charge on any atom is -0.436 e. The average molecular weight is 619 g/mol. The van der Waals surface area contributed by atoms with Crippen molar-refractivity contribution in [2.24, 2.45) is 0 Å². The van der Waals surface area contributed by atoms with Crippen LogP contribution in [0.5, 0.6) is 0 Å². The Morgan fingerprint density at radius 2 is 0.917 bits per heavy atom. The highest BCUT2D eigenvalue weighted by atomic mass is 16.3. The highest BCUT2D eigenvalue weighted by molar-refractivity contribution is 5.92. The Kier molecular flexibility index (Phi) is 7.85. The highest BCUT2D eigenvalue weighted by Gasteiger charge is 2.16. The third-order valence-electron chi connectivity index (χ3n) is 8.91. The lowest BCUT2D eigenvalue weighted by Crippen LogP contribution is -2.09. The highest BCUT2D eigenvalue weighted by Crippen LogP contribution is 2.40. The molecule has 1 aromatic heterocycles. The van der Waals surface area contributed by atoms with Gasteiger partial charge in [0.2, 0.25) is 5.89 Å². The molecule has 0 saturated heterocycles. The Bertz CT molecular complexity index is 2270. The third kappa shape index (κ3) is 5.67. The van der Waals surface area contributed by atoms with Crippen LogP contribution in [0.25, 0.3) is 55.9 Å². The van der Waals surface area contributed by atoms with Gasteiger partial charge in [0, 0.05) is 22.6 Å². The van der Waals surface area contributed by atoms with E-state index in [-0.39, 0.29) is 0 Å². The number of aromatic nitrogens is 1. The van der Waals surface area contributed by atoms with Gasteiger partial charge in [-0.1, -0.05) is 122 Å². The van der Waals surface area contributed by atoms with E-state index in [4.69, 9.17) is 9.40 Å². The minimum absolute atomic E-state index is 0.643. The summed E-state index contributed by atoms with van der Waals surface area (Å²) in [7, 11) is 0. The zero-order chi connectivity index (χ0) is 32.3. The number of fused-ring (bicyclic) bond motifs is 1. The average Bonchev–Trinajstić information content (AvgIpc) is 3.60. The predicted molar refractivity (Wildman–Crippen MR) is 200 cm³/mol. The number of nitrogens with zero attached hydrogens (tertiary/aromatic N) is 2. The van der Waals surface area contributed by atoms with Gasteiger partial charge >= 0.3 is 0 Å². The topological polar surface area (TPSA) is 29.3 Å². The summed E-state index contributed by atoms with van der Waals surface area (Å²) in [5, 5.41) is 0. The number of benzene rings is 7. The van der Waals surface area contributed by atoms with E-state index in [9.17, 15) is 0 Å². The van der Waals surface area contributed by atoms with Crippen LogP contribution < -0.4 is 4.90 Å². The van der Waals surface area contributed by atoms with Crippen LogP contribution >= 0.6 is 0 Å². The molecule has 0 unspecified atom stereocenters. The Labute approximate surface area is 281 Å². The Hall–Kier alpha value is -6.19. The van der Waals surface area contributed by atoms with E-state index < -0.39 is 0 Å². The molecule has 0 fully saturated rings. The van der Waals surface area contributed by atoms with Crippen molar-refractivity contribution in [3.8, 4) is 44.8 Å². The Balaban J connectivity index is 1.13. The maximum atomic E-state index is 6.16. The smallest absolute Gasteiger partial charge is 0.227 e. The van der Waals surface area contributed by atoms with Crippen molar-refractivity contribution in [1.82, 2.24) is 4.98 Å². The summed E-state index contributed by atoms with van der Waals surface area (Å²) < 4.78 is 6.16. The maximum absolute atomic E-state index is 6.16. The monoisotopic (exact) mass is 618 g/mol. The predicted octanol–water partition coefficient (Wildman–Crippen LogP) is 12.5. The van der Waals surface area contributed by atoms with Gasteiger partial charge in [0.05, 0.1) is 0 Å². The number of aryl methyl sites for hydroxylation is 1. The van der Waals surface area contributed by atoms with E-state index in [2.05, 4.69) is 182 Å². The van der Waals surface area contributed by atoms with E-state index in [0.29, 0.717) is 5.89 Å². The van der Waals surface area contributed by atoms with Gasteiger partial charge in [-0.05, 0) is 106 Å². The number of hydrogen-bond donors (Lipinski definition) is 0. The van der Waals surface area contributed by atoms with E-state index >= 15 is 0 Å². The number of oxazole rings is 1. The number of rotatable bonds is 8. The second-order valence-electron chi connectivity index (χ2n) is 11.9. The van der Waals surface area contributed by atoms with Crippen molar-refractivity contribution in [1.29, 1.82) is 0 Å². The van der Waals surface area contributed by atoms with Crippen molar-refractivity contribution < 1.29 is 4.42 Å². The second-order valence-corrected chi connectivity index (χ2v) is 11.9. The normalized spacial score (nSPS) is 11.1. The van der Waals surface area contributed by atoms with Gasteiger partial charge in [-0.15, -0.1) is 0 Å². The molecular formula is C45H34N2O. The molecule has 0 bridgehead atoms. The first kappa shape index (κ1) is 29.2. The molecule has 0 aliphatic rings. The zero-order valence-corrected chi connectivity index (χ0v) is 26.8. The molecule has 7 aromatic carbocycles. The molecule has 0 saturated carbocycles. The van der Waals surface area contributed by atoms with Gasteiger partial charge in [0.25, 0.3) is 0 Å². The fourth-order valence-corrected chi connectivity index (χ4v) is 6.44. The summed E-state index contributed by atoms with van der Waals surface area (Å²) in [5.41, 5.74) is 14.3. The molecule has 3 nitrogen and oxygen atoms in total. The number of para-hydroxylation sites is 2. The molecule has 1 heterocycles. The molecule has 0 atom stereocenters. The summed E-state index contributed by atoms with van der Waals surface area (Å²) in [6.07, 6.45) is 0.968. The van der Waals surface area contributed by atoms with Crippen LogP contribution in [0.1, 0.15) is 12.5 Å². The third-order valence-corrected chi connectivity index (χ3v) is 8.91. The quantitative estimate of drug-likeness (QED) is 0.170. The van der Waals surface area contributed by atoms with Gasteiger partial charge in [-0.2, -0.15) is 0 Å². The summed E-state index contributed by atoms with van der Waals surface area (Å²) in [5.74, 6) is 0.643. The molecule has 8 rings (SSSR count). The molecule has 0 aliphatic carbocycles. The van der Waals surface area contributed by atoms with E-state index in [0.717, 1.165) is 45.7 Å². The standard InChI is InChI=1S/C45H34N2O/c1-2-32-21-30-43-44(31-32)48-45(46-43)35-24-22-33(23-25-35)39-17-9-11-19-41(39)42-20-12-10-18-40(42)34-26-28-38(29-27-34)47(36-13-5-3-6-14-36)37-15-7-4-8-16-37/h3-31H,2H2,1H3. The number of anilines is 3. The van der Waals surface area contributed by atoms with Crippen LogP contribution in [0.15, 0.2) is 180 Å². The molecule has 48 heavy (non-hydrogen) atoms. The van der Waals surface area contributed by atoms with Crippen molar-refractivity contribution in [3.63, 3.8) is 0 Å². The van der Waals surface area contributed by atoms with Crippen LogP contribution in [0.3, 0.4) is 0 Å². The van der Waals surface area contributed by atoms with Gasteiger partial charge in [-0.25, -0.2) is 4.98 Å². The van der Waals surface area contributed by atoms with Crippen molar-refractivity contribution in [3.05, 3.63) is 181 Å². The molecule has 0 radical (unpaired) electrons. The summed E-state index contributed by atoms with van der Waals surface area (Å²) in [6, 6.07) is 62.0. The SMILES string of the molecule is CCc1ccc2nc(-c3ccc(-c4ccccc4-c4ccccc4-c4ccc(N(c5ccccc5)c5ccccc5)cc4)cc3)oc2c1. The van der Waals surface area contributed by atoms with Gasteiger partial charge in [-0.3, -0.25) is 0 Å². The lowest BCUT2D eigenvalue weighted by Gasteiger charge is -2.25. The first-order valence-corrected chi connectivity index (χ1v) is 16.4. The Morgan fingerprint density at radius 3 is 1.46 bits per heavy atom. The van der Waals surface area contributed by atoms with Crippen molar-refractivity contribution in [2.75, 3.05) is 4.90 Å². The van der Waals surface area contributed by atoms with Crippen molar-refractivity contribution in [2.45, 2.75) is 13.3 Å². The first-order valence-electron chi connectivity index (χ1n) is 16.4. The lowest BCUT2D eigenvalue weighted by atomic mass is 9.89. The zero-order valence-electron chi connectivity index (χ0n) is 26.8. The Morgan fingerprint density at radius 1 is 0.458 bits per heavy atom. The molecule has 8 aromatic rings. The molecule has 230 valence electrons. The van der Waals surface area contributed by atoms with E-state index in [1.807, 2.05) is 6.07 Å². The van der Waals surface area contributed by atoms with Crippen molar-refractivity contribution >= 4 is 28.2 Å². The van der Waals surface area contributed by atoms with E-state index in [1.54, 1.807) is 0 Å². The molecule has 0 spiro atoms. The van der Waals surface area contributed by atoms with Crippen LogP contribution in [0.4, 0.5) is 17.1 Å². The largest absolute Gasteiger partial charge is 0.436 e. The minimum atomic E-state index is 0.643. The van der Waals surface area contributed by atoms with Crippen LogP contribution in [-0.4, -0.2) is 4.98 Å². The lowest BCUT2D eigenvalue weighted by molar-refractivity contribution is 0.619. The summed E-state index contributed by atoms with van der Waals surface area (Å²) in [4.78, 5) is 7.04. The second kappa shape index (κ2) is 12.9. The summed E-state index contributed by atoms with van der Waals surface area (Å²) in [6.45, 7) is 2.15. The molecule has 0 amide bonds. The van der Waals surface area contributed by atoms with Crippen LogP contribution in [-0.2, 0) is 6.42 Å². The van der Waals surface area contributed by atoms with E-state index in [1.165, 1.54) is 33.4 Å². The fraction of sp³-hybridized carbons (Fsp3) is 0.0444. The van der Waals surface area contributed by atoms with Crippen LogP contribution in [0.2, 0.25) is 0 Å². The van der Waals surface area contributed by atoms with Gasteiger partial charge in [0.1, 0.15) is 5.52 Å². The first-order chi connectivity index (χ1) is 23.7. The maximum Gasteiger partial charge on any atom is 0.227 e. The molecule has 0 aliphatic heterocycles. The summed E-state index contributed by atoms with van der Waals surface area (Å²) >= 11 is 0.